The summed E-state index contributed by atoms with van der Waals surface area (Å²) in [5.41, 5.74) is -0.442. The number of alkyl halides is 3. The van der Waals surface area contributed by atoms with Crippen molar-refractivity contribution in [3.8, 4) is 16.8 Å². The molecule has 4 aromatic rings. The van der Waals surface area contributed by atoms with Gasteiger partial charge in [-0.05, 0) is 33.8 Å². The van der Waals surface area contributed by atoms with Crippen molar-refractivity contribution < 1.29 is 27.1 Å². The van der Waals surface area contributed by atoms with Crippen LogP contribution in [0, 0.1) is 5.82 Å². The molecule has 1 amide bonds. The molecule has 9 nitrogen and oxygen atoms in total. The number of carbonyl (C=O) groups excluding carboxylic acids is 1. The van der Waals surface area contributed by atoms with Gasteiger partial charge in [-0.25, -0.2) is 19.2 Å². The zero-order valence-electron chi connectivity index (χ0n) is 22.6. The molecule has 1 aliphatic rings. The second-order valence-corrected chi connectivity index (χ2v) is 10.5. The topological polar surface area (TPSA) is 81.3 Å². The van der Waals surface area contributed by atoms with E-state index in [1.807, 2.05) is 22.6 Å². The van der Waals surface area contributed by atoms with Crippen molar-refractivity contribution in [2.45, 2.75) is 51.6 Å². The highest BCUT2D eigenvalue weighted by atomic mass is 19.4. The lowest BCUT2D eigenvalue weighted by atomic mass is 10.0. The quantitative estimate of drug-likeness (QED) is 0.314. The first-order chi connectivity index (χ1) is 18.8. The minimum absolute atomic E-state index is 0.0950. The van der Waals surface area contributed by atoms with E-state index >= 15 is 4.39 Å². The van der Waals surface area contributed by atoms with Gasteiger partial charge in [0.1, 0.15) is 18.0 Å². The predicted molar refractivity (Wildman–Crippen MR) is 141 cm³/mol. The summed E-state index contributed by atoms with van der Waals surface area (Å²) in [5.74, 6) is 0.109. The maximum atomic E-state index is 15.1. The lowest BCUT2D eigenvalue weighted by Crippen LogP contribution is -2.60. The Morgan fingerprint density at radius 2 is 1.75 bits per heavy atom. The van der Waals surface area contributed by atoms with Crippen LogP contribution in [0.1, 0.15) is 27.7 Å². The molecule has 0 N–H and O–H groups in total. The number of piperazine rings is 1. The lowest BCUT2D eigenvalue weighted by Gasteiger charge is -2.45. The largest absolute Gasteiger partial charge is 0.434 e. The number of ether oxygens (including phenoxy) is 1. The molecule has 0 spiro atoms. The standard InChI is InChI=1S/C27H29F4N7O2/c1-16-12-37(25(39)40-26(3,4)27(29,30)31)17(2)11-36(16)23-22-20(19-8-6-7-9-21(19)28)14-38(24(22)33-15-32-23)18-10-34-35(5)13-18/h6-10,13-17H,11-12H2,1-5H3/t16-,17+/m0/s1. The number of aryl methyl sites for hydroxylation is 1. The Hall–Kier alpha value is -4.16. The number of benzene rings is 1. The van der Waals surface area contributed by atoms with Gasteiger partial charge in [0.15, 0.2) is 5.65 Å². The first-order valence-corrected chi connectivity index (χ1v) is 12.7. The average Bonchev–Trinajstić information content (AvgIpc) is 3.48. The number of hydrogen-bond acceptors (Lipinski definition) is 6. The van der Waals surface area contributed by atoms with Gasteiger partial charge in [-0.2, -0.15) is 18.3 Å². The van der Waals surface area contributed by atoms with Crippen LogP contribution in [0.15, 0.2) is 49.2 Å². The van der Waals surface area contributed by atoms with Crippen molar-refractivity contribution in [1.82, 2.24) is 29.2 Å². The molecule has 1 aromatic carbocycles. The number of nitrogens with zero attached hydrogens (tertiary/aromatic N) is 7. The minimum Gasteiger partial charge on any atom is -0.434 e. The maximum Gasteiger partial charge on any atom is 0.427 e. The fraction of sp³-hybridized carbons (Fsp3) is 0.407. The van der Waals surface area contributed by atoms with E-state index < -0.39 is 29.7 Å². The smallest absolute Gasteiger partial charge is 0.427 e. The highest BCUT2D eigenvalue weighted by Gasteiger charge is 2.52. The molecule has 3 aromatic heterocycles. The van der Waals surface area contributed by atoms with E-state index in [1.54, 1.807) is 49.2 Å². The number of fused-ring (bicyclic) bond motifs is 1. The summed E-state index contributed by atoms with van der Waals surface area (Å²) in [5, 5.41) is 4.85. The lowest BCUT2D eigenvalue weighted by molar-refractivity contribution is -0.246. The zero-order chi connectivity index (χ0) is 29.0. The van der Waals surface area contributed by atoms with E-state index in [9.17, 15) is 18.0 Å². The Balaban J connectivity index is 1.56. The van der Waals surface area contributed by atoms with Gasteiger partial charge in [-0.3, -0.25) is 9.25 Å². The van der Waals surface area contributed by atoms with Crippen LogP contribution >= 0.6 is 0 Å². The molecule has 1 saturated heterocycles. The van der Waals surface area contributed by atoms with E-state index in [0.717, 1.165) is 19.5 Å². The van der Waals surface area contributed by atoms with Crippen molar-refractivity contribution >= 4 is 22.9 Å². The Morgan fingerprint density at radius 1 is 1.02 bits per heavy atom. The summed E-state index contributed by atoms with van der Waals surface area (Å²) < 4.78 is 63.5. The highest BCUT2D eigenvalue weighted by Crippen LogP contribution is 2.39. The molecule has 0 bridgehead atoms. The van der Waals surface area contributed by atoms with Crippen LogP contribution in [-0.4, -0.2) is 72.3 Å². The first kappa shape index (κ1) is 27.4. The second-order valence-electron chi connectivity index (χ2n) is 10.5. The predicted octanol–water partition coefficient (Wildman–Crippen LogP) is 5.34. The van der Waals surface area contributed by atoms with Gasteiger partial charge in [0.05, 0.1) is 17.3 Å². The number of aromatic nitrogens is 5. The van der Waals surface area contributed by atoms with Crippen LogP contribution in [0.2, 0.25) is 0 Å². The van der Waals surface area contributed by atoms with Gasteiger partial charge in [-0.15, -0.1) is 0 Å². The summed E-state index contributed by atoms with van der Waals surface area (Å²) in [7, 11) is 1.79. The van der Waals surface area contributed by atoms with E-state index in [2.05, 4.69) is 15.1 Å². The monoisotopic (exact) mass is 559 g/mol. The van der Waals surface area contributed by atoms with Gasteiger partial charge in [-0.1, -0.05) is 18.2 Å². The molecular weight excluding hydrogens is 530 g/mol. The second kappa shape index (κ2) is 9.79. The van der Waals surface area contributed by atoms with E-state index in [-0.39, 0.29) is 19.1 Å². The van der Waals surface area contributed by atoms with Crippen LogP contribution in [0.4, 0.5) is 28.2 Å². The number of carbonyl (C=O) groups is 1. The normalized spacial score (nSPS) is 18.4. The Bertz CT molecular complexity index is 1560. The summed E-state index contributed by atoms with van der Waals surface area (Å²) >= 11 is 0. The summed E-state index contributed by atoms with van der Waals surface area (Å²) in [6.07, 6.45) is 0.937. The fourth-order valence-electron chi connectivity index (χ4n) is 4.89. The molecule has 212 valence electrons. The minimum atomic E-state index is -4.71. The SMILES string of the molecule is C[C@@H]1CN(c2ncnc3c2c(-c2ccccc2F)cn3-c2cnn(C)c2)[C@@H](C)CN1C(=O)OC(C)(C)C(F)(F)F. The number of rotatable bonds is 4. The Kier molecular flexibility index (Phi) is 6.71. The number of hydrogen-bond donors (Lipinski definition) is 0. The van der Waals surface area contributed by atoms with Crippen molar-refractivity contribution in [2.75, 3.05) is 18.0 Å². The first-order valence-electron chi connectivity index (χ1n) is 12.7. The van der Waals surface area contributed by atoms with E-state index in [1.165, 1.54) is 17.3 Å². The van der Waals surface area contributed by atoms with Gasteiger partial charge in [0, 0.05) is 55.7 Å². The third-order valence-corrected chi connectivity index (χ3v) is 7.21. The number of amides is 1. The van der Waals surface area contributed by atoms with E-state index in [0.29, 0.717) is 28.0 Å². The molecule has 0 aliphatic carbocycles. The molecular formula is C27H29F4N7O2. The number of anilines is 1. The van der Waals surface area contributed by atoms with Crippen molar-refractivity contribution in [1.29, 1.82) is 0 Å². The molecule has 4 heterocycles. The Morgan fingerprint density at radius 3 is 2.40 bits per heavy atom. The van der Waals surface area contributed by atoms with Crippen LogP contribution in [0.25, 0.3) is 27.8 Å². The van der Waals surface area contributed by atoms with Gasteiger partial charge in [0.2, 0.25) is 5.60 Å². The third-order valence-electron chi connectivity index (χ3n) is 7.21. The van der Waals surface area contributed by atoms with Crippen molar-refractivity contribution in [3.63, 3.8) is 0 Å². The van der Waals surface area contributed by atoms with Gasteiger partial charge in [0.25, 0.3) is 0 Å². The molecule has 1 fully saturated rings. The van der Waals surface area contributed by atoms with Crippen LogP contribution in [-0.2, 0) is 11.8 Å². The highest BCUT2D eigenvalue weighted by molar-refractivity contribution is 6.02. The molecule has 40 heavy (non-hydrogen) atoms. The Labute approximate surface area is 228 Å². The molecule has 0 radical (unpaired) electrons. The van der Waals surface area contributed by atoms with Crippen molar-refractivity contribution in [2.24, 2.45) is 7.05 Å². The molecule has 0 unspecified atom stereocenters. The van der Waals surface area contributed by atoms with E-state index in [4.69, 9.17) is 4.74 Å². The molecule has 5 rings (SSSR count). The zero-order valence-corrected chi connectivity index (χ0v) is 22.6. The molecule has 0 saturated carbocycles. The van der Waals surface area contributed by atoms with Gasteiger partial charge >= 0.3 is 12.3 Å². The van der Waals surface area contributed by atoms with Gasteiger partial charge < -0.3 is 14.5 Å². The maximum absolute atomic E-state index is 15.1. The van der Waals surface area contributed by atoms with Crippen LogP contribution < -0.4 is 4.90 Å². The fourth-order valence-corrected chi connectivity index (χ4v) is 4.89. The third kappa shape index (κ3) is 4.73. The summed E-state index contributed by atoms with van der Waals surface area (Å²) in [6.45, 7) is 5.57. The van der Waals surface area contributed by atoms with Crippen LogP contribution in [0.3, 0.4) is 0 Å². The molecule has 1 aliphatic heterocycles. The molecule has 13 heteroatoms. The van der Waals surface area contributed by atoms with Crippen molar-refractivity contribution in [3.05, 3.63) is 55.0 Å². The average molecular weight is 560 g/mol. The summed E-state index contributed by atoms with van der Waals surface area (Å²) in [6, 6.07) is 5.55. The summed E-state index contributed by atoms with van der Waals surface area (Å²) in [4.78, 5) is 25.2. The number of halogens is 4. The molecule has 2 atom stereocenters. The van der Waals surface area contributed by atoms with Crippen LogP contribution in [0.5, 0.6) is 0 Å².